The standard InChI is InChI=1S/C8H4F7NS/c9-6(10)8(14,15)17-5-2-1-4(3-16-5)7(11,12)13/h1-3,6H. The molecule has 0 fully saturated rings. The van der Waals surface area contributed by atoms with Crippen molar-refractivity contribution in [1.82, 2.24) is 4.98 Å². The molecular formula is C8H4F7NS. The Bertz CT molecular complexity index is 372. The molecule has 9 heteroatoms. The minimum Gasteiger partial charge on any atom is -0.249 e. The SMILES string of the molecule is FC(F)C(F)(F)Sc1ccc(C(F)(F)F)cn1. The van der Waals surface area contributed by atoms with Gasteiger partial charge in [0.25, 0.3) is 0 Å². The molecule has 96 valence electrons. The molecule has 0 unspecified atom stereocenters. The van der Waals surface area contributed by atoms with E-state index in [9.17, 15) is 30.7 Å². The molecule has 0 radical (unpaired) electrons. The van der Waals surface area contributed by atoms with Gasteiger partial charge in [-0.2, -0.15) is 22.0 Å². The Morgan fingerprint density at radius 1 is 1.06 bits per heavy atom. The molecule has 0 aliphatic carbocycles. The number of pyridine rings is 1. The van der Waals surface area contributed by atoms with Crippen LogP contribution < -0.4 is 0 Å². The molecule has 0 aliphatic rings. The fraction of sp³-hybridized carbons (Fsp3) is 0.375. The van der Waals surface area contributed by atoms with Crippen LogP contribution in [0.4, 0.5) is 30.7 Å². The molecule has 0 atom stereocenters. The van der Waals surface area contributed by atoms with E-state index in [-0.39, 0.29) is 0 Å². The van der Waals surface area contributed by atoms with Crippen LogP contribution in [0.3, 0.4) is 0 Å². The van der Waals surface area contributed by atoms with Crippen LogP contribution in [0.2, 0.25) is 0 Å². The summed E-state index contributed by atoms with van der Waals surface area (Å²) in [6.45, 7) is 0. The van der Waals surface area contributed by atoms with Gasteiger partial charge in [-0.15, -0.1) is 0 Å². The maximum Gasteiger partial charge on any atom is 0.417 e. The summed E-state index contributed by atoms with van der Waals surface area (Å²) in [4.78, 5) is 3.04. The highest BCUT2D eigenvalue weighted by Crippen LogP contribution is 2.40. The first-order chi connectivity index (χ1) is 7.63. The summed E-state index contributed by atoms with van der Waals surface area (Å²) in [5.74, 6) is 0. The summed E-state index contributed by atoms with van der Waals surface area (Å²) in [5, 5.41) is -4.99. The topological polar surface area (TPSA) is 12.9 Å². The van der Waals surface area contributed by atoms with Gasteiger partial charge in [-0.05, 0) is 23.9 Å². The van der Waals surface area contributed by atoms with E-state index in [0.717, 1.165) is 0 Å². The lowest BCUT2D eigenvalue weighted by Gasteiger charge is -2.13. The average Bonchev–Trinajstić information content (AvgIpc) is 2.16. The van der Waals surface area contributed by atoms with E-state index in [0.29, 0.717) is 18.3 Å². The Labute approximate surface area is 95.0 Å². The predicted octanol–water partition coefficient (Wildman–Crippen LogP) is 4.05. The molecule has 0 aliphatic heterocycles. The summed E-state index contributed by atoms with van der Waals surface area (Å²) < 4.78 is 84.8. The van der Waals surface area contributed by atoms with Crippen molar-refractivity contribution in [1.29, 1.82) is 0 Å². The van der Waals surface area contributed by atoms with Crippen LogP contribution in [-0.2, 0) is 6.18 Å². The van der Waals surface area contributed by atoms with Gasteiger partial charge in [0, 0.05) is 6.20 Å². The molecule has 0 aromatic carbocycles. The molecule has 1 rings (SSSR count). The second-order valence-corrected chi connectivity index (χ2v) is 4.01. The monoisotopic (exact) mass is 279 g/mol. The highest BCUT2D eigenvalue weighted by atomic mass is 32.2. The van der Waals surface area contributed by atoms with E-state index < -0.39 is 40.2 Å². The number of hydrogen-bond acceptors (Lipinski definition) is 2. The van der Waals surface area contributed by atoms with Crippen LogP contribution in [0.25, 0.3) is 0 Å². The number of nitrogens with zero attached hydrogens (tertiary/aromatic N) is 1. The smallest absolute Gasteiger partial charge is 0.249 e. The molecule has 0 amide bonds. The highest BCUT2D eigenvalue weighted by Gasteiger charge is 2.42. The molecule has 0 spiro atoms. The number of rotatable bonds is 3. The van der Waals surface area contributed by atoms with E-state index in [2.05, 4.69) is 4.98 Å². The first kappa shape index (κ1) is 14.1. The zero-order valence-corrected chi connectivity index (χ0v) is 8.63. The fourth-order valence-corrected chi connectivity index (χ4v) is 1.40. The maximum absolute atomic E-state index is 12.5. The first-order valence-corrected chi connectivity index (χ1v) is 4.83. The van der Waals surface area contributed by atoms with Crippen LogP contribution in [0.1, 0.15) is 5.56 Å². The van der Waals surface area contributed by atoms with Gasteiger partial charge in [-0.25, -0.2) is 13.8 Å². The maximum atomic E-state index is 12.5. The summed E-state index contributed by atoms with van der Waals surface area (Å²) in [6.07, 6.45) is -8.26. The molecule has 1 aromatic rings. The molecule has 0 saturated carbocycles. The number of halogens is 7. The van der Waals surface area contributed by atoms with Crippen molar-refractivity contribution in [3.8, 4) is 0 Å². The number of aromatic nitrogens is 1. The van der Waals surface area contributed by atoms with E-state index in [1.165, 1.54) is 0 Å². The van der Waals surface area contributed by atoms with E-state index in [4.69, 9.17) is 0 Å². The normalized spacial score (nSPS) is 13.2. The van der Waals surface area contributed by atoms with Gasteiger partial charge in [-0.3, -0.25) is 0 Å². The second-order valence-electron chi connectivity index (χ2n) is 2.85. The van der Waals surface area contributed by atoms with Gasteiger partial charge < -0.3 is 0 Å². The zero-order valence-electron chi connectivity index (χ0n) is 7.81. The lowest BCUT2D eigenvalue weighted by Crippen LogP contribution is -2.21. The molecule has 1 heterocycles. The Kier molecular flexibility index (Phi) is 3.90. The Morgan fingerprint density at radius 3 is 2.00 bits per heavy atom. The van der Waals surface area contributed by atoms with E-state index >= 15 is 0 Å². The lowest BCUT2D eigenvalue weighted by atomic mass is 10.3. The first-order valence-electron chi connectivity index (χ1n) is 4.01. The molecule has 1 aromatic heterocycles. The zero-order chi connectivity index (χ0) is 13.3. The largest absolute Gasteiger partial charge is 0.417 e. The number of alkyl halides is 7. The fourth-order valence-electron chi connectivity index (χ4n) is 0.792. The molecular weight excluding hydrogens is 275 g/mol. The third kappa shape index (κ3) is 3.76. The third-order valence-corrected chi connectivity index (χ3v) is 2.46. The summed E-state index contributed by atoms with van der Waals surface area (Å²) >= 11 is -0.588. The Balaban J connectivity index is 2.83. The minimum atomic E-state index is -4.65. The third-order valence-electron chi connectivity index (χ3n) is 1.56. The summed E-state index contributed by atoms with van der Waals surface area (Å²) in [6, 6.07) is 1.11. The van der Waals surface area contributed by atoms with Crippen LogP contribution in [-0.4, -0.2) is 16.7 Å². The van der Waals surface area contributed by atoms with Crippen molar-refractivity contribution in [3.63, 3.8) is 0 Å². The van der Waals surface area contributed by atoms with Crippen LogP contribution in [0.5, 0.6) is 0 Å². The van der Waals surface area contributed by atoms with Gasteiger partial charge in [-0.1, -0.05) is 0 Å². The highest BCUT2D eigenvalue weighted by molar-refractivity contribution is 8.00. The quantitative estimate of drug-likeness (QED) is 0.611. The number of hydrogen-bond donors (Lipinski definition) is 0. The van der Waals surface area contributed by atoms with Gasteiger partial charge in [0.2, 0.25) is 0 Å². The second kappa shape index (κ2) is 4.71. The van der Waals surface area contributed by atoms with Crippen molar-refractivity contribution in [3.05, 3.63) is 23.9 Å². The van der Waals surface area contributed by atoms with Crippen molar-refractivity contribution >= 4 is 11.8 Å². The van der Waals surface area contributed by atoms with E-state index in [1.54, 1.807) is 0 Å². The summed E-state index contributed by atoms with van der Waals surface area (Å²) in [7, 11) is 0. The minimum absolute atomic E-state index is 0.309. The molecule has 1 nitrogen and oxygen atoms in total. The molecule has 0 N–H and O–H groups in total. The lowest BCUT2D eigenvalue weighted by molar-refractivity contribution is -0.137. The van der Waals surface area contributed by atoms with Crippen LogP contribution in [0, 0.1) is 0 Å². The van der Waals surface area contributed by atoms with Gasteiger partial charge >= 0.3 is 17.9 Å². The van der Waals surface area contributed by atoms with Gasteiger partial charge in [0.05, 0.1) is 5.56 Å². The number of thioether (sulfide) groups is 1. The van der Waals surface area contributed by atoms with E-state index in [1.807, 2.05) is 0 Å². The van der Waals surface area contributed by atoms with Crippen molar-refractivity contribution in [2.24, 2.45) is 0 Å². The summed E-state index contributed by atoms with van der Waals surface area (Å²) in [5.41, 5.74) is -1.14. The van der Waals surface area contributed by atoms with Crippen LogP contribution >= 0.6 is 11.8 Å². The molecule has 0 bridgehead atoms. The van der Waals surface area contributed by atoms with Crippen molar-refractivity contribution < 1.29 is 30.7 Å². The molecule has 0 saturated heterocycles. The Hall–Kier alpha value is -0.990. The average molecular weight is 279 g/mol. The van der Waals surface area contributed by atoms with Gasteiger partial charge in [0.1, 0.15) is 5.03 Å². The van der Waals surface area contributed by atoms with Crippen LogP contribution in [0.15, 0.2) is 23.4 Å². The van der Waals surface area contributed by atoms with Gasteiger partial charge in [0.15, 0.2) is 0 Å². The molecule has 17 heavy (non-hydrogen) atoms. The Morgan fingerprint density at radius 2 is 1.65 bits per heavy atom. The van der Waals surface area contributed by atoms with Crippen molar-refractivity contribution in [2.45, 2.75) is 22.9 Å². The van der Waals surface area contributed by atoms with Crippen molar-refractivity contribution in [2.75, 3.05) is 0 Å². The predicted molar refractivity (Wildman–Crippen MR) is 46.0 cm³/mol.